The van der Waals surface area contributed by atoms with E-state index in [4.69, 9.17) is 28.4 Å². The van der Waals surface area contributed by atoms with E-state index < -0.39 is 48.6 Å². The lowest BCUT2D eigenvalue weighted by Gasteiger charge is -2.54. The summed E-state index contributed by atoms with van der Waals surface area (Å²) in [5.74, 6) is -1.49. The Hall–Kier alpha value is -0.369. The highest BCUT2D eigenvalue weighted by molar-refractivity contribution is 6.59. The smallest absolute Gasteiger partial charge is 0.318 e. The molecule has 6 nitrogen and oxygen atoms in total. The topological polar surface area (TPSA) is 55.4 Å². The third kappa shape index (κ3) is 6.36. The number of ether oxygens (including phenoxy) is 6. The van der Waals surface area contributed by atoms with E-state index in [-0.39, 0.29) is 0 Å². The summed E-state index contributed by atoms with van der Waals surface area (Å²) in [6.45, 7) is 15.9. The molecule has 0 saturated carbocycles. The van der Waals surface area contributed by atoms with E-state index in [9.17, 15) is 0 Å². The van der Waals surface area contributed by atoms with Crippen LogP contribution >= 0.6 is 0 Å². The van der Waals surface area contributed by atoms with E-state index in [0.29, 0.717) is 19.8 Å². The molecule has 3 saturated heterocycles. The molecule has 1 radical (unpaired) electrons. The summed E-state index contributed by atoms with van der Waals surface area (Å²) < 4.78 is 41.8. The van der Waals surface area contributed by atoms with Crippen molar-refractivity contribution >= 4 is 26.4 Å². The highest BCUT2D eigenvalue weighted by atomic mass is 28.3. The minimum atomic E-state index is -1.49. The van der Waals surface area contributed by atoms with Crippen LogP contribution < -0.4 is 0 Å². The van der Waals surface area contributed by atoms with Gasteiger partial charge in [0.2, 0.25) is 0 Å². The number of hydrogen-bond acceptors (Lipinski definition) is 6. The summed E-state index contributed by atoms with van der Waals surface area (Å²) in [5.41, 5.74) is -1.25. The number of benzene rings is 1. The van der Waals surface area contributed by atoms with Crippen molar-refractivity contribution in [1.29, 1.82) is 0 Å². The zero-order valence-corrected chi connectivity index (χ0v) is 27.4. The van der Waals surface area contributed by atoms with Gasteiger partial charge in [-0.05, 0) is 63.9 Å². The molecule has 1 aromatic carbocycles. The second-order valence-corrected chi connectivity index (χ2v) is 21.5. The standard InChI is InChI=1S/C28H49O6Si3/c1-35(2)25(18-10-13-21-29-25)32-28(24-16-8-7-9-17-24,33-26(36(3)4)19-11-14-22-30-26)34-27(37(5)6)20-12-15-23-31-27/h8-9,16-17,35-37H,10-15,18-23H2,1-6H3. The summed E-state index contributed by atoms with van der Waals surface area (Å²) in [7, 11) is -4.47. The van der Waals surface area contributed by atoms with Gasteiger partial charge in [-0.1, -0.05) is 63.5 Å². The lowest BCUT2D eigenvalue weighted by atomic mass is 10.1. The van der Waals surface area contributed by atoms with E-state index in [0.717, 1.165) is 63.4 Å². The molecule has 3 heterocycles. The largest absolute Gasteiger partial charge is 0.354 e. The van der Waals surface area contributed by atoms with Crippen molar-refractivity contribution in [2.75, 3.05) is 19.8 Å². The molecule has 3 atom stereocenters. The molecule has 209 valence electrons. The Bertz CT molecular complexity index is 753. The molecule has 0 amide bonds. The minimum absolute atomic E-state index is 0.694. The molecule has 0 aliphatic carbocycles. The van der Waals surface area contributed by atoms with Gasteiger partial charge in [0.1, 0.15) is 26.4 Å². The minimum Gasteiger partial charge on any atom is -0.354 e. The molecule has 1 aromatic rings. The fourth-order valence-electron chi connectivity index (χ4n) is 5.85. The van der Waals surface area contributed by atoms with Gasteiger partial charge in [-0.2, -0.15) is 0 Å². The number of hydrogen-bond donors (Lipinski definition) is 0. The molecule has 4 rings (SSSR count). The molecule has 3 fully saturated rings. The summed E-state index contributed by atoms with van der Waals surface area (Å²) in [4.78, 5) is 0. The Labute approximate surface area is 229 Å². The first-order valence-electron chi connectivity index (χ1n) is 14.7. The van der Waals surface area contributed by atoms with Crippen LogP contribution in [0, 0.1) is 6.07 Å². The van der Waals surface area contributed by atoms with Gasteiger partial charge < -0.3 is 14.2 Å². The van der Waals surface area contributed by atoms with Crippen molar-refractivity contribution in [3.8, 4) is 0 Å². The van der Waals surface area contributed by atoms with Crippen molar-refractivity contribution in [2.24, 2.45) is 0 Å². The molecular formula is C28H49O6Si3. The summed E-state index contributed by atoms with van der Waals surface area (Å²) in [6, 6.07) is 11.1. The molecule has 3 aliphatic heterocycles. The maximum atomic E-state index is 7.34. The van der Waals surface area contributed by atoms with Crippen LogP contribution in [0.25, 0.3) is 0 Å². The van der Waals surface area contributed by atoms with Crippen LogP contribution in [0.1, 0.15) is 63.4 Å². The maximum Gasteiger partial charge on any atom is 0.318 e. The van der Waals surface area contributed by atoms with Gasteiger partial charge in [0.15, 0.2) is 16.2 Å². The van der Waals surface area contributed by atoms with E-state index in [1.165, 1.54) is 0 Å². The predicted octanol–water partition coefficient (Wildman–Crippen LogP) is 5.41. The molecule has 9 heteroatoms. The highest BCUT2D eigenvalue weighted by Gasteiger charge is 2.58. The third-order valence-electron chi connectivity index (χ3n) is 8.43. The monoisotopic (exact) mass is 565 g/mol. The van der Waals surface area contributed by atoms with Crippen LogP contribution in [0.5, 0.6) is 0 Å². The summed E-state index contributed by atoms with van der Waals surface area (Å²) in [6.07, 6.45) is 8.94. The first-order valence-corrected chi connectivity index (χ1v) is 23.3. The fourth-order valence-corrected chi connectivity index (χ4v) is 10.7. The Morgan fingerprint density at radius 1 is 0.622 bits per heavy atom. The second kappa shape index (κ2) is 12.4. The quantitative estimate of drug-likeness (QED) is 0.279. The first-order chi connectivity index (χ1) is 17.7. The molecule has 0 N–H and O–H groups in total. The van der Waals surface area contributed by atoms with Gasteiger partial charge in [0, 0.05) is 25.4 Å². The van der Waals surface area contributed by atoms with E-state index in [1.54, 1.807) is 0 Å². The van der Waals surface area contributed by atoms with Crippen molar-refractivity contribution in [1.82, 2.24) is 0 Å². The van der Waals surface area contributed by atoms with Crippen molar-refractivity contribution in [3.05, 3.63) is 35.9 Å². The Morgan fingerprint density at radius 2 is 0.973 bits per heavy atom. The van der Waals surface area contributed by atoms with Gasteiger partial charge in [-0.15, -0.1) is 0 Å². The predicted molar refractivity (Wildman–Crippen MR) is 154 cm³/mol. The lowest BCUT2D eigenvalue weighted by molar-refractivity contribution is -0.513. The van der Waals surface area contributed by atoms with Crippen molar-refractivity contribution < 1.29 is 28.4 Å². The van der Waals surface area contributed by atoms with Gasteiger partial charge in [0.05, 0.1) is 0 Å². The van der Waals surface area contributed by atoms with E-state index >= 15 is 0 Å². The molecule has 0 bridgehead atoms. The van der Waals surface area contributed by atoms with Crippen LogP contribution in [-0.4, -0.2) is 62.4 Å². The summed E-state index contributed by atoms with van der Waals surface area (Å²) >= 11 is 0. The van der Waals surface area contributed by atoms with Crippen molar-refractivity contribution in [3.63, 3.8) is 0 Å². The Morgan fingerprint density at radius 3 is 1.24 bits per heavy atom. The Kier molecular flexibility index (Phi) is 9.95. The van der Waals surface area contributed by atoms with Crippen molar-refractivity contribution in [2.45, 2.75) is 119 Å². The summed E-state index contributed by atoms with van der Waals surface area (Å²) in [5, 5.41) is 0. The van der Waals surface area contributed by atoms with E-state index in [1.807, 2.05) is 24.3 Å². The van der Waals surface area contributed by atoms with Gasteiger partial charge in [0.25, 0.3) is 0 Å². The molecule has 0 spiro atoms. The first kappa shape index (κ1) is 29.6. The molecule has 37 heavy (non-hydrogen) atoms. The van der Waals surface area contributed by atoms with Crippen LogP contribution in [0.15, 0.2) is 24.3 Å². The molecule has 0 aromatic heterocycles. The van der Waals surface area contributed by atoms with Gasteiger partial charge >= 0.3 is 5.97 Å². The maximum absolute atomic E-state index is 7.34. The molecule has 3 unspecified atom stereocenters. The molecular weight excluding hydrogens is 517 g/mol. The Balaban J connectivity index is 1.89. The van der Waals surface area contributed by atoms with Gasteiger partial charge in [-0.25, -0.2) is 0 Å². The van der Waals surface area contributed by atoms with Crippen LogP contribution in [0.4, 0.5) is 0 Å². The lowest BCUT2D eigenvalue weighted by Crippen LogP contribution is -2.64. The normalized spacial score (nSPS) is 33.1. The second-order valence-electron chi connectivity index (χ2n) is 12.0. The van der Waals surface area contributed by atoms with Crippen LogP contribution in [-0.2, 0) is 34.4 Å². The SMILES string of the molecule is C[SiH](C)C1(OC(OC2([SiH](C)C)CCCCO2)(OC2([SiH](C)C)CCCCO2)c2cc[c]cc2)CCCCO1. The average Bonchev–Trinajstić information content (AvgIpc) is 2.90. The molecule has 3 aliphatic rings. The fraction of sp³-hybridized carbons (Fsp3) is 0.786. The van der Waals surface area contributed by atoms with E-state index in [2.05, 4.69) is 45.3 Å². The average molecular weight is 566 g/mol. The number of rotatable bonds is 10. The third-order valence-corrected chi connectivity index (χ3v) is 15.4. The van der Waals surface area contributed by atoms with Crippen LogP contribution in [0.2, 0.25) is 39.3 Å². The van der Waals surface area contributed by atoms with Gasteiger partial charge in [-0.3, -0.25) is 14.2 Å². The zero-order chi connectivity index (χ0) is 26.6. The zero-order valence-electron chi connectivity index (χ0n) is 24.0. The highest BCUT2D eigenvalue weighted by Crippen LogP contribution is 2.48. The van der Waals surface area contributed by atoms with Crippen LogP contribution in [0.3, 0.4) is 0 Å².